The minimum atomic E-state index is -0.460. The van der Waals surface area contributed by atoms with Gasteiger partial charge in [0.25, 0.3) is 0 Å². The fraction of sp³-hybridized carbons (Fsp3) is 0.385. The lowest BCUT2D eigenvalue weighted by molar-refractivity contribution is -0.148. The Morgan fingerprint density at radius 1 is 1.44 bits per heavy atom. The first-order valence-electron chi connectivity index (χ1n) is 5.83. The Morgan fingerprint density at radius 3 is 2.72 bits per heavy atom. The van der Waals surface area contributed by atoms with Crippen molar-refractivity contribution in [2.75, 3.05) is 6.61 Å². The first-order valence-corrected chi connectivity index (χ1v) is 6.21. The second-order valence-electron chi connectivity index (χ2n) is 4.16. The Kier molecular flexibility index (Phi) is 3.87. The third-order valence-corrected chi connectivity index (χ3v) is 3.19. The molecular weight excluding hydrogens is 254 g/mol. The molecule has 1 aliphatic heterocycles. The molecule has 96 valence electrons. The van der Waals surface area contributed by atoms with E-state index in [1.54, 1.807) is 19.1 Å². The van der Waals surface area contributed by atoms with Crippen LogP contribution in [0.5, 0.6) is 0 Å². The highest BCUT2D eigenvalue weighted by molar-refractivity contribution is 6.30. The minimum Gasteiger partial charge on any atom is -0.466 e. The second-order valence-corrected chi connectivity index (χ2v) is 4.60. The number of hydrogen-bond acceptors (Lipinski definition) is 3. The molecule has 5 heteroatoms. The smallest absolute Gasteiger partial charge is 0.311 e. The zero-order valence-electron chi connectivity index (χ0n) is 9.98. The van der Waals surface area contributed by atoms with Crippen LogP contribution in [-0.2, 0) is 14.3 Å². The summed E-state index contributed by atoms with van der Waals surface area (Å²) in [6.45, 7) is 2.07. The summed E-state index contributed by atoms with van der Waals surface area (Å²) in [5, 5.41) is 3.42. The van der Waals surface area contributed by atoms with Gasteiger partial charge in [-0.25, -0.2) is 0 Å². The summed E-state index contributed by atoms with van der Waals surface area (Å²) in [6, 6.07) is 6.77. The topological polar surface area (TPSA) is 55.4 Å². The fourth-order valence-corrected chi connectivity index (χ4v) is 2.23. The van der Waals surface area contributed by atoms with E-state index in [9.17, 15) is 9.59 Å². The molecule has 0 saturated carbocycles. The number of esters is 1. The Morgan fingerprint density at radius 2 is 2.11 bits per heavy atom. The zero-order chi connectivity index (χ0) is 13.1. The van der Waals surface area contributed by atoms with Crippen LogP contribution < -0.4 is 5.32 Å². The van der Waals surface area contributed by atoms with Crippen LogP contribution >= 0.6 is 11.6 Å². The number of halogens is 1. The SMILES string of the molecule is CCOC(=O)C1CC(=O)NC1c1ccc(Cl)cc1. The van der Waals surface area contributed by atoms with Crippen molar-refractivity contribution in [3.63, 3.8) is 0 Å². The van der Waals surface area contributed by atoms with Crippen molar-refractivity contribution in [3.05, 3.63) is 34.9 Å². The number of carbonyl (C=O) groups is 2. The lowest BCUT2D eigenvalue weighted by Gasteiger charge is -2.17. The molecule has 1 saturated heterocycles. The highest BCUT2D eigenvalue weighted by atomic mass is 35.5. The Balaban J connectivity index is 2.21. The van der Waals surface area contributed by atoms with Crippen molar-refractivity contribution >= 4 is 23.5 Å². The number of nitrogens with one attached hydrogen (secondary N) is 1. The van der Waals surface area contributed by atoms with Crippen LogP contribution in [0.4, 0.5) is 0 Å². The largest absolute Gasteiger partial charge is 0.466 e. The van der Waals surface area contributed by atoms with Crippen molar-refractivity contribution in [2.24, 2.45) is 5.92 Å². The van der Waals surface area contributed by atoms with Gasteiger partial charge in [-0.15, -0.1) is 0 Å². The van der Waals surface area contributed by atoms with Gasteiger partial charge in [0.2, 0.25) is 5.91 Å². The first kappa shape index (κ1) is 12.9. The van der Waals surface area contributed by atoms with Gasteiger partial charge in [-0.2, -0.15) is 0 Å². The van der Waals surface area contributed by atoms with Crippen molar-refractivity contribution in [3.8, 4) is 0 Å². The molecule has 1 N–H and O–H groups in total. The average Bonchev–Trinajstić information content (AvgIpc) is 2.73. The van der Waals surface area contributed by atoms with Gasteiger partial charge in [0.05, 0.1) is 18.6 Å². The molecule has 4 nitrogen and oxygen atoms in total. The van der Waals surface area contributed by atoms with E-state index in [0.29, 0.717) is 11.6 Å². The van der Waals surface area contributed by atoms with Gasteiger partial charge < -0.3 is 10.1 Å². The van der Waals surface area contributed by atoms with Gasteiger partial charge in [0.1, 0.15) is 0 Å². The number of benzene rings is 1. The second kappa shape index (κ2) is 5.40. The molecule has 2 atom stereocenters. The Hall–Kier alpha value is -1.55. The van der Waals surface area contributed by atoms with E-state index in [0.717, 1.165) is 5.56 Å². The molecule has 1 amide bonds. The van der Waals surface area contributed by atoms with E-state index >= 15 is 0 Å². The summed E-state index contributed by atoms with van der Waals surface area (Å²) < 4.78 is 4.99. The fourth-order valence-electron chi connectivity index (χ4n) is 2.11. The number of amides is 1. The number of carbonyl (C=O) groups excluding carboxylic acids is 2. The summed E-state index contributed by atoms with van der Waals surface area (Å²) >= 11 is 5.82. The first-order chi connectivity index (χ1) is 8.61. The standard InChI is InChI=1S/C13H14ClNO3/c1-2-18-13(17)10-7-11(16)15-12(10)8-3-5-9(14)6-4-8/h3-6,10,12H,2,7H2,1H3,(H,15,16). The van der Waals surface area contributed by atoms with Gasteiger partial charge in [-0.05, 0) is 24.6 Å². The lowest BCUT2D eigenvalue weighted by atomic mass is 9.94. The molecule has 0 aliphatic carbocycles. The van der Waals surface area contributed by atoms with E-state index in [2.05, 4.69) is 5.32 Å². The van der Waals surface area contributed by atoms with Gasteiger partial charge in [0.15, 0.2) is 0 Å². The average molecular weight is 268 g/mol. The van der Waals surface area contributed by atoms with Crippen LogP contribution in [0, 0.1) is 5.92 Å². The molecule has 1 aromatic carbocycles. The van der Waals surface area contributed by atoms with Gasteiger partial charge in [-0.3, -0.25) is 9.59 Å². The van der Waals surface area contributed by atoms with E-state index in [1.807, 2.05) is 12.1 Å². The molecular formula is C13H14ClNO3. The van der Waals surface area contributed by atoms with Gasteiger partial charge in [-0.1, -0.05) is 23.7 Å². The minimum absolute atomic E-state index is 0.131. The maximum Gasteiger partial charge on any atom is 0.311 e. The molecule has 1 heterocycles. The Bertz CT molecular complexity index is 458. The van der Waals surface area contributed by atoms with E-state index in [4.69, 9.17) is 16.3 Å². The van der Waals surface area contributed by atoms with Crippen LogP contribution in [0.15, 0.2) is 24.3 Å². The molecule has 0 radical (unpaired) electrons. The summed E-state index contributed by atoms with van der Waals surface area (Å²) in [4.78, 5) is 23.3. The molecule has 2 rings (SSSR count). The summed E-state index contributed by atoms with van der Waals surface area (Å²) in [5.74, 6) is -0.928. The molecule has 0 aromatic heterocycles. The summed E-state index contributed by atoms with van der Waals surface area (Å²) in [6.07, 6.45) is 0.173. The van der Waals surface area contributed by atoms with Crippen molar-refractivity contribution in [2.45, 2.75) is 19.4 Å². The summed E-state index contributed by atoms with van der Waals surface area (Å²) in [7, 11) is 0. The van der Waals surface area contributed by atoms with Crippen molar-refractivity contribution < 1.29 is 14.3 Å². The van der Waals surface area contributed by atoms with Crippen LogP contribution in [0.2, 0.25) is 5.02 Å². The quantitative estimate of drug-likeness (QED) is 0.853. The molecule has 2 unspecified atom stereocenters. The predicted octanol–water partition coefficient (Wildman–Crippen LogP) is 2.08. The Labute approximate surface area is 110 Å². The van der Waals surface area contributed by atoms with Crippen molar-refractivity contribution in [1.82, 2.24) is 5.32 Å². The number of rotatable bonds is 3. The van der Waals surface area contributed by atoms with E-state index < -0.39 is 5.92 Å². The van der Waals surface area contributed by atoms with E-state index in [1.165, 1.54) is 0 Å². The van der Waals surface area contributed by atoms with Crippen molar-refractivity contribution in [1.29, 1.82) is 0 Å². The normalized spacial score (nSPS) is 22.7. The predicted molar refractivity (Wildman–Crippen MR) is 67.1 cm³/mol. The molecule has 1 aromatic rings. The maximum atomic E-state index is 11.8. The number of ether oxygens (including phenoxy) is 1. The van der Waals surface area contributed by atoms with Gasteiger partial charge in [0, 0.05) is 11.4 Å². The lowest BCUT2D eigenvalue weighted by Crippen LogP contribution is -2.25. The van der Waals surface area contributed by atoms with Crippen LogP contribution in [0.3, 0.4) is 0 Å². The van der Waals surface area contributed by atoms with Crippen LogP contribution in [0.25, 0.3) is 0 Å². The monoisotopic (exact) mass is 267 g/mol. The molecule has 18 heavy (non-hydrogen) atoms. The maximum absolute atomic E-state index is 11.8. The van der Waals surface area contributed by atoms with Gasteiger partial charge >= 0.3 is 5.97 Å². The zero-order valence-corrected chi connectivity index (χ0v) is 10.7. The third kappa shape index (κ3) is 2.64. The molecule has 1 fully saturated rings. The highest BCUT2D eigenvalue weighted by Crippen LogP contribution is 2.31. The van der Waals surface area contributed by atoms with Crippen LogP contribution in [0.1, 0.15) is 24.9 Å². The number of hydrogen-bond donors (Lipinski definition) is 1. The van der Waals surface area contributed by atoms with E-state index in [-0.39, 0.29) is 24.3 Å². The summed E-state index contributed by atoms with van der Waals surface area (Å²) in [5.41, 5.74) is 0.864. The van der Waals surface area contributed by atoms with Crippen LogP contribution in [-0.4, -0.2) is 18.5 Å². The third-order valence-electron chi connectivity index (χ3n) is 2.94. The molecule has 1 aliphatic rings. The highest BCUT2D eigenvalue weighted by Gasteiger charge is 2.39. The molecule has 0 bridgehead atoms. The molecule has 0 spiro atoms.